The Morgan fingerprint density at radius 1 is 1.06 bits per heavy atom. The molecule has 0 radical (unpaired) electrons. The van der Waals surface area contributed by atoms with E-state index in [1.54, 1.807) is 12.1 Å². The van der Waals surface area contributed by atoms with Crippen LogP contribution in [0.2, 0.25) is 0 Å². The van der Waals surface area contributed by atoms with Gasteiger partial charge in [0.25, 0.3) is 17.7 Å². The second-order valence-corrected chi connectivity index (χ2v) is 7.04. The molecule has 0 aromatic heterocycles. The fourth-order valence-corrected chi connectivity index (χ4v) is 3.20. The molecule has 3 rings (SSSR count). The molecule has 2 aromatic rings. The second kappa shape index (κ2) is 10.9. The van der Waals surface area contributed by atoms with Gasteiger partial charge in [-0.3, -0.25) is 19.3 Å². The van der Waals surface area contributed by atoms with E-state index in [1.165, 1.54) is 50.6 Å². The molecule has 0 atom stereocenters. The van der Waals surface area contributed by atoms with Crippen LogP contribution in [-0.2, 0) is 14.3 Å². The van der Waals surface area contributed by atoms with Crippen molar-refractivity contribution in [2.75, 3.05) is 33.9 Å². The molecule has 1 N–H and O–H groups in total. The number of fused-ring (bicyclic) bond motifs is 1. The Hall–Kier alpha value is -4.49. The van der Waals surface area contributed by atoms with Crippen molar-refractivity contribution in [1.29, 1.82) is 5.26 Å². The SMILES string of the molecule is COCCNC(=O)/C(C#N)=C/c1ccc(OC(=O)CN2C(=O)c3ccccc3C2=O)c(OC)c1. The van der Waals surface area contributed by atoms with Crippen molar-refractivity contribution < 1.29 is 33.4 Å². The number of amides is 3. The van der Waals surface area contributed by atoms with Crippen molar-refractivity contribution in [1.82, 2.24) is 10.2 Å². The number of benzene rings is 2. The van der Waals surface area contributed by atoms with E-state index in [0.29, 0.717) is 12.2 Å². The van der Waals surface area contributed by atoms with Crippen LogP contribution >= 0.6 is 0 Å². The fraction of sp³-hybridized carbons (Fsp3) is 0.208. The maximum Gasteiger partial charge on any atom is 0.331 e. The maximum absolute atomic E-state index is 12.5. The van der Waals surface area contributed by atoms with Gasteiger partial charge in [0.1, 0.15) is 18.2 Å². The summed E-state index contributed by atoms with van der Waals surface area (Å²) in [4.78, 5) is 50.2. The molecule has 0 saturated heterocycles. The molecule has 0 fully saturated rings. The maximum atomic E-state index is 12.5. The summed E-state index contributed by atoms with van der Waals surface area (Å²) in [5.74, 6) is -2.34. The number of nitriles is 1. The number of nitrogens with zero attached hydrogens (tertiary/aromatic N) is 2. The summed E-state index contributed by atoms with van der Waals surface area (Å²) < 4.78 is 15.4. The summed E-state index contributed by atoms with van der Waals surface area (Å²) in [7, 11) is 2.85. The molecule has 0 spiro atoms. The zero-order valence-electron chi connectivity index (χ0n) is 18.5. The molecule has 0 aliphatic carbocycles. The molecule has 10 nitrogen and oxygen atoms in total. The van der Waals surface area contributed by atoms with Gasteiger partial charge in [0.05, 0.1) is 24.8 Å². The molecular weight excluding hydrogens is 442 g/mol. The van der Waals surface area contributed by atoms with Crippen LogP contribution in [0, 0.1) is 11.3 Å². The van der Waals surface area contributed by atoms with Crippen LogP contribution in [0.25, 0.3) is 6.08 Å². The highest BCUT2D eigenvalue weighted by molar-refractivity contribution is 6.22. The smallest absolute Gasteiger partial charge is 0.331 e. The van der Waals surface area contributed by atoms with Crippen LogP contribution in [0.3, 0.4) is 0 Å². The standard InChI is InChI=1S/C24H21N3O7/c1-32-10-9-26-22(29)16(13-25)11-15-7-8-19(20(12-15)33-2)34-21(28)14-27-23(30)17-5-3-4-6-18(17)24(27)31/h3-8,11-12H,9-10,14H2,1-2H3,(H,26,29)/b16-11+. The highest BCUT2D eigenvalue weighted by Gasteiger charge is 2.36. The Morgan fingerprint density at radius 2 is 1.74 bits per heavy atom. The molecule has 2 aromatic carbocycles. The van der Waals surface area contributed by atoms with E-state index in [-0.39, 0.29) is 34.7 Å². The first-order valence-corrected chi connectivity index (χ1v) is 10.1. The van der Waals surface area contributed by atoms with E-state index < -0.39 is 30.2 Å². The Balaban J connectivity index is 1.71. The van der Waals surface area contributed by atoms with Gasteiger partial charge in [0, 0.05) is 13.7 Å². The third-order valence-electron chi connectivity index (χ3n) is 4.84. The lowest BCUT2D eigenvalue weighted by Crippen LogP contribution is -2.36. The lowest BCUT2D eigenvalue weighted by Gasteiger charge is -2.14. The average molecular weight is 463 g/mol. The summed E-state index contributed by atoms with van der Waals surface area (Å²) in [6.07, 6.45) is 1.36. The van der Waals surface area contributed by atoms with E-state index >= 15 is 0 Å². The van der Waals surface area contributed by atoms with Crippen molar-refractivity contribution in [3.05, 3.63) is 64.7 Å². The zero-order chi connectivity index (χ0) is 24.7. The zero-order valence-corrected chi connectivity index (χ0v) is 18.5. The molecule has 1 aliphatic rings. The van der Waals surface area contributed by atoms with Crippen LogP contribution in [0.5, 0.6) is 11.5 Å². The van der Waals surface area contributed by atoms with Gasteiger partial charge < -0.3 is 19.5 Å². The Kier molecular flexibility index (Phi) is 7.74. The molecule has 34 heavy (non-hydrogen) atoms. The van der Waals surface area contributed by atoms with Gasteiger partial charge in [-0.1, -0.05) is 18.2 Å². The molecule has 174 valence electrons. The van der Waals surface area contributed by atoms with E-state index in [1.807, 2.05) is 6.07 Å². The first-order valence-electron chi connectivity index (χ1n) is 10.1. The summed E-state index contributed by atoms with van der Waals surface area (Å²) >= 11 is 0. The van der Waals surface area contributed by atoms with E-state index in [4.69, 9.17) is 14.2 Å². The Bertz CT molecular complexity index is 1180. The Morgan fingerprint density at radius 3 is 2.32 bits per heavy atom. The van der Waals surface area contributed by atoms with Crippen molar-refractivity contribution in [2.24, 2.45) is 0 Å². The minimum absolute atomic E-state index is 0.0457. The largest absolute Gasteiger partial charge is 0.493 e. The van der Waals surface area contributed by atoms with Crippen LogP contribution in [0.4, 0.5) is 0 Å². The van der Waals surface area contributed by atoms with Crippen molar-refractivity contribution in [3.63, 3.8) is 0 Å². The Labute approximate surface area is 195 Å². The van der Waals surface area contributed by atoms with Crippen molar-refractivity contribution >= 4 is 29.8 Å². The van der Waals surface area contributed by atoms with Crippen LogP contribution in [-0.4, -0.2) is 62.5 Å². The lowest BCUT2D eigenvalue weighted by atomic mass is 10.1. The summed E-state index contributed by atoms with van der Waals surface area (Å²) in [6, 6.07) is 12.5. The quantitative estimate of drug-likeness (QED) is 0.148. The topological polar surface area (TPSA) is 135 Å². The molecule has 3 amide bonds. The highest BCUT2D eigenvalue weighted by atomic mass is 16.6. The summed E-state index contributed by atoms with van der Waals surface area (Å²) in [5.41, 5.74) is 0.783. The lowest BCUT2D eigenvalue weighted by molar-refractivity contribution is -0.134. The average Bonchev–Trinajstić information content (AvgIpc) is 3.08. The van der Waals surface area contributed by atoms with Crippen molar-refractivity contribution in [2.45, 2.75) is 0 Å². The third-order valence-corrected chi connectivity index (χ3v) is 4.84. The van der Waals surface area contributed by atoms with E-state index in [0.717, 1.165) is 4.90 Å². The summed E-state index contributed by atoms with van der Waals surface area (Å²) in [6.45, 7) is -0.0178. The van der Waals surface area contributed by atoms with Crippen LogP contribution in [0.1, 0.15) is 26.3 Å². The molecule has 10 heteroatoms. The monoisotopic (exact) mass is 463 g/mol. The molecule has 0 unspecified atom stereocenters. The molecule has 1 aliphatic heterocycles. The van der Waals surface area contributed by atoms with Gasteiger partial charge in [-0.15, -0.1) is 0 Å². The number of carbonyl (C=O) groups excluding carboxylic acids is 4. The third kappa shape index (κ3) is 5.28. The number of esters is 1. The number of rotatable bonds is 9. The van der Waals surface area contributed by atoms with Crippen LogP contribution < -0.4 is 14.8 Å². The van der Waals surface area contributed by atoms with Crippen LogP contribution in [0.15, 0.2) is 48.0 Å². The summed E-state index contributed by atoms with van der Waals surface area (Å²) in [5, 5.41) is 11.8. The minimum atomic E-state index is -0.841. The number of imide groups is 1. The minimum Gasteiger partial charge on any atom is -0.493 e. The molecular formula is C24H21N3O7. The first-order chi connectivity index (χ1) is 16.4. The number of nitrogens with one attached hydrogen (secondary N) is 1. The predicted molar refractivity (Wildman–Crippen MR) is 119 cm³/mol. The number of hydrogen-bond acceptors (Lipinski definition) is 8. The molecule has 0 bridgehead atoms. The van der Waals surface area contributed by atoms with Gasteiger partial charge in [-0.05, 0) is 35.9 Å². The van der Waals surface area contributed by atoms with E-state index in [2.05, 4.69) is 5.32 Å². The van der Waals surface area contributed by atoms with Gasteiger partial charge in [-0.25, -0.2) is 4.79 Å². The second-order valence-electron chi connectivity index (χ2n) is 7.04. The van der Waals surface area contributed by atoms with Gasteiger partial charge >= 0.3 is 5.97 Å². The molecule has 0 saturated carbocycles. The van der Waals surface area contributed by atoms with E-state index in [9.17, 15) is 24.4 Å². The highest BCUT2D eigenvalue weighted by Crippen LogP contribution is 2.29. The van der Waals surface area contributed by atoms with Gasteiger partial charge in [-0.2, -0.15) is 5.26 Å². The normalized spacial score (nSPS) is 12.7. The molecule has 1 heterocycles. The predicted octanol–water partition coefficient (Wildman–Crippen LogP) is 1.57. The van der Waals surface area contributed by atoms with Gasteiger partial charge in [0.15, 0.2) is 11.5 Å². The number of methoxy groups -OCH3 is 2. The number of ether oxygens (including phenoxy) is 3. The van der Waals surface area contributed by atoms with Gasteiger partial charge in [0.2, 0.25) is 0 Å². The fourth-order valence-electron chi connectivity index (χ4n) is 3.20. The number of carbonyl (C=O) groups is 4. The first kappa shape index (κ1) is 24.2. The number of hydrogen-bond donors (Lipinski definition) is 1. The van der Waals surface area contributed by atoms with Crippen molar-refractivity contribution in [3.8, 4) is 17.6 Å².